The Balaban J connectivity index is 1.62. The molecular weight excluding hydrogens is 382 g/mol. The summed E-state index contributed by atoms with van der Waals surface area (Å²) in [5, 5.41) is 3.41. The number of piperazine rings is 1. The smallest absolute Gasteiger partial charge is 0.409 e. The zero-order valence-corrected chi connectivity index (χ0v) is 18.3. The van der Waals surface area contributed by atoms with Crippen LogP contribution in [0.15, 0.2) is 29.3 Å². The average Bonchev–Trinajstić information content (AvgIpc) is 2.78. The molecule has 0 aliphatic carbocycles. The van der Waals surface area contributed by atoms with Crippen LogP contribution < -0.4 is 5.32 Å². The molecule has 8 nitrogen and oxygen atoms in total. The molecule has 166 valence electrons. The third-order valence-electron chi connectivity index (χ3n) is 5.46. The molecule has 2 aliphatic rings. The number of amides is 1. The number of rotatable bonds is 6. The maximum Gasteiger partial charge on any atom is 0.409 e. The van der Waals surface area contributed by atoms with Gasteiger partial charge in [-0.3, -0.25) is 4.90 Å². The SMILES string of the molecule is CCNC(=NCc1ccccc1CN1CCOCC1)N1CCN(C(=O)OCC)CC1. The Hall–Kier alpha value is -2.32. The number of hydrogen-bond acceptors (Lipinski definition) is 5. The van der Waals surface area contributed by atoms with Crippen molar-refractivity contribution < 1.29 is 14.3 Å². The number of ether oxygens (including phenoxy) is 2. The van der Waals surface area contributed by atoms with E-state index in [9.17, 15) is 4.79 Å². The Bertz CT molecular complexity index is 698. The van der Waals surface area contributed by atoms with Gasteiger partial charge in [-0.2, -0.15) is 0 Å². The van der Waals surface area contributed by atoms with E-state index in [-0.39, 0.29) is 6.09 Å². The molecule has 0 bridgehead atoms. The first-order chi connectivity index (χ1) is 14.7. The van der Waals surface area contributed by atoms with Crippen molar-refractivity contribution in [2.75, 3.05) is 65.6 Å². The highest BCUT2D eigenvalue weighted by Gasteiger charge is 2.23. The highest BCUT2D eigenvalue weighted by atomic mass is 16.6. The Kier molecular flexibility index (Phi) is 8.77. The van der Waals surface area contributed by atoms with Crippen LogP contribution in [0.25, 0.3) is 0 Å². The molecule has 2 fully saturated rings. The van der Waals surface area contributed by atoms with Crippen molar-refractivity contribution in [2.24, 2.45) is 4.99 Å². The molecular formula is C22H35N5O3. The number of nitrogens with one attached hydrogen (secondary N) is 1. The summed E-state index contributed by atoms with van der Waals surface area (Å²) in [6, 6.07) is 8.55. The monoisotopic (exact) mass is 417 g/mol. The fraction of sp³-hybridized carbons (Fsp3) is 0.636. The lowest BCUT2D eigenvalue weighted by Gasteiger charge is -2.36. The topological polar surface area (TPSA) is 69.6 Å². The summed E-state index contributed by atoms with van der Waals surface area (Å²) in [4.78, 5) is 23.3. The van der Waals surface area contributed by atoms with Crippen molar-refractivity contribution in [1.29, 1.82) is 0 Å². The Morgan fingerprint density at radius 2 is 1.70 bits per heavy atom. The number of guanidine groups is 1. The summed E-state index contributed by atoms with van der Waals surface area (Å²) in [6.07, 6.45) is -0.226. The molecule has 0 radical (unpaired) electrons. The van der Waals surface area contributed by atoms with E-state index in [1.807, 2.05) is 6.92 Å². The Morgan fingerprint density at radius 3 is 2.37 bits per heavy atom. The average molecular weight is 418 g/mol. The molecule has 1 N–H and O–H groups in total. The van der Waals surface area contributed by atoms with Crippen LogP contribution in [-0.4, -0.2) is 92.4 Å². The van der Waals surface area contributed by atoms with Gasteiger partial charge in [0.2, 0.25) is 0 Å². The quantitative estimate of drug-likeness (QED) is 0.562. The van der Waals surface area contributed by atoms with Crippen LogP contribution in [0.5, 0.6) is 0 Å². The zero-order valence-electron chi connectivity index (χ0n) is 18.3. The second-order valence-electron chi connectivity index (χ2n) is 7.50. The van der Waals surface area contributed by atoms with Gasteiger partial charge in [-0.1, -0.05) is 24.3 Å². The predicted molar refractivity (Wildman–Crippen MR) is 118 cm³/mol. The molecule has 0 aromatic heterocycles. The number of hydrogen-bond donors (Lipinski definition) is 1. The first-order valence-electron chi connectivity index (χ1n) is 11.0. The number of benzene rings is 1. The third kappa shape index (κ3) is 6.34. The largest absolute Gasteiger partial charge is 0.450 e. The van der Waals surface area contributed by atoms with E-state index in [0.717, 1.165) is 58.4 Å². The lowest BCUT2D eigenvalue weighted by molar-refractivity contribution is 0.0341. The Morgan fingerprint density at radius 1 is 1.03 bits per heavy atom. The first-order valence-corrected chi connectivity index (χ1v) is 11.0. The summed E-state index contributed by atoms with van der Waals surface area (Å²) in [5.41, 5.74) is 2.58. The number of carbonyl (C=O) groups excluding carboxylic acids is 1. The molecule has 0 saturated carbocycles. The van der Waals surface area contributed by atoms with Crippen LogP contribution in [0.2, 0.25) is 0 Å². The molecule has 2 aliphatic heterocycles. The van der Waals surface area contributed by atoms with Gasteiger partial charge in [0.15, 0.2) is 5.96 Å². The Labute approximate surface area is 179 Å². The molecule has 8 heteroatoms. The van der Waals surface area contributed by atoms with Gasteiger partial charge in [0.1, 0.15) is 0 Å². The highest BCUT2D eigenvalue weighted by Crippen LogP contribution is 2.15. The second-order valence-corrected chi connectivity index (χ2v) is 7.50. The summed E-state index contributed by atoms with van der Waals surface area (Å²) < 4.78 is 10.6. The van der Waals surface area contributed by atoms with Gasteiger partial charge in [-0.25, -0.2) is 9.79 Å². The van der Waals surface area contributed by atoms with Crippen molar-refractivity contribution in [2.45, 2.75) is 26.9 Å². The lowest BCUT2D eigenvalue weighted by Crippen LogP contribution is -2.53. The fourth-order valence-corrected chi connectivity index (χ4v) is 3.77. The van der Waals surface area contributed by atoms with Crippen LogP contribution >= 0.6 is 0 Å². The maximum absolute atomic E-state index is 11.9. The van der Waals surface area contributed by atoms with Gasteiger partial charge in [-0.15, -0.1) is 0 Å². The number of carbonyl (C=O) groups is 1. The van der Waals surface area contributed by atoms with Crippen LogP contribution in [-0.2, 0) is 22.6 Å². The molecule has 0 atom stereocenters. The van der Waals surface area contributed by atoms with E-state index in [0.29, 0.717) is 26.2 Å². The molecule has 1 amide bonds. The van der Waals surface area contributed by atoms with E-state index in [1.54, 1.807) is 4.90 Å². The van der Waals surface area contributed by atoms with Crippen LogP contribution in [0.1, 0.15) is 25.0 Å². The highest BCUT2D eigenvalue weighted by molar-refractivity contribution is 5.80. The predicted octanol–water partition coefficient (Wildman–Crippen LogP) is 1.76. The molecule has 30 heavy (non-hydrogen) atoms. The van der Waals surface area contributed by atoms with Crippen molar-refractivity contribution in [3.63, 3.8) is 0 Å². The van der Waals surface area contributed by atoms with Gasteiger partial charge in [0.05, 0.1) is 26.4 Å². The molecule has 2 heterocycles. The van der Waals surface area contributed by atoms with Gasteiger partial charge in [-0.05, 0) is 25.0 Å². The standard InChI is InChI=1S/C22H35N5O3/c1-3-23-21(26-9-11-27(12-10-26)22(28)30-4-2)24-17-19-7-5-6-8-20(19)18-25-13-15-29-16-14-25/h5-8H,3-4,9-18H2,1-2H3,(H,23,24). The number of morpholine rings is 1. The number of nitrogens with zero attached hydrogens (tertiary/aromatic N) is 4. The molecule has 1 aromatic carbocycles. The summed E-state index contributed by atoms with van der Waals surface area (Å²) in [6.45, 7) is 13.1. The minimum Gasteiger partial charge on any atom is -0.450 e. The molecule has 0 unspecified atom stereocenters. The third-order valence-corrected chi connectivity index (χ3v) is 5.46. The van der Waals surface area contributed by atoms with Crippen LogP contribution in [0.3, 0.4) is 0 Å². The number of aliphatic imine (C=N–C) groups is 1. The van der Waals surface area contributed by atoms with E-state index in [4.69, 9.17) is 14.5 Å². The molecule has 3 rings (SSSR count). The van der Waals surface area contributed by atoms with E-state index in [2.05, 4.69) is 46.3 Å². The van der Waals surface area contributed by atoms with Crippen molar-refractivity contribution >= 4 is 12.1 Å². The normalized spacial score (nSPS) is 18.4. The van der Waals surface area contributed by atoms with E-state index in [1.165, 1.54) is 11.1 Å². The summed E-state index contributed by atoms with van der Waals surface area (Å²) in [7, 11) is 0. The van der Waals surface area contributed by atoms with Gasteiger partial charge < -0.3 is 24.6 Å². The molecule has 0 spiro atoms. The van der Waals surface area contributed by atoms with E-state index < -0.39 is 0 Å². The van der Waals surface area contributed by atoms with Crippen LogP contribution in [0, 0.1) is 0 Å². The lowest BCUT2D eigenvalue weighted by atomic mass is 10.1. The van der Waals surface area contributed by atoms with Gasteiger partial charge >= 0.3 is 6.09 Å². The van der Waals surface area contributed by atoms with Crippen molar-refractivity contribution in [3.8, 4) is 0 Å². The van der Waals surface area contributed by atoms with Crippen molar-refractivity contribution in [3.05, 3.63) is 35.4 Å². The fourth-order valence-electron chi connectivity index (χ4n) is 3.77. The van der Waals surface area contributed by atoms with Crippen molar-refractivity contribution in [1.82, 2.24) is 20.0 Å². The van der Waals surface area contributed by atoms with E-state index >= 15 is 0 Å². The van der Waals surface area contributed by atoms with Crippen LogP contribution in [0.4, 0.5) is 4.79 Å². The summed E-state index contributed by atoms with van der Waals surface area (Å²) in [5.74, 6) is 0.905. The van der Waals surface area contributed by atoms with Gasteiger partial charge in [0.25, 0.3) is 0 Å². The molecule has 2 saturated heterocycles. The minimum atomic E-state index is -0.226. The first kappa shape index (κ1) is 22.4. The second kappa shape index (κ2) is 11.8. The minimum absolute atomic E-state index is 0.226. The summed E-state index contributed by atoms with van der Waals surface area (Å²) >= 11 is 0. The zero-order chi connectivity index (χ0) is 21.2. The van der Waals surface area contributed by atoms with Gasteiger partial charge in [0, 0.05) is 52.4 Å². The molecule has 1 aromatic rings. The maximum atomic E-state index is 11.9.